The normalized spacial score (nSPS) is 22.2. The molecule has 8 heteroatoms. The summed E-state index contributed by atoms with van der Waals surface area (Å²) in [6, 6.07) is 3.53. The molecule has 21 heavy (non-hydrogen) atoms. The first-order valence-corrected chi connectivity index (χ1v) is 8.33. The second-order valence-electron chi connectivity index (χ2n) is 5.30. The van der Waals surface area contributed by atoms with Crippen molar-refractivity contribution in [3.8, 4) is 0 Å². The number of benzene rings is 1. The van der Waals surface area contributed by atoms with E-state index in [0.29, 0.717) is 19.1 Å². The van der Waals surface area contributed by atoms with Crippen molar-refractivity contribution in [3.05, 3.63) is 29.8 Å². The number of hydrogen-bond donors (Lipinski definition) is 1. The lowest BCUT2D eigenvalue weighted by atomic mass is 10.1. The van der Waals surface area contributed by atoms with Crippen molar-refractivity contribution < 1.29 is 17.2 Å². The van der Waals surface area contributed by atoms with Crippen molar-refractivity contribution in [2.75, 3.05) is 39.3 Å². The van der Waals surface area contributed by atoms with Crippen LogP contribution in [0.2, 0.25) is 0 Å². The minimum atomic E-state index is -4.12. The lowest BCUT2D eigenvalue weighted by Gasteiger charge is -2.42. The van der Waals surface area contributed by atoms with E-state index < -0.39 is 26.6 Å². The van der Waals surface area contributed by atoms with Crippen LogP contribution in [0.4, 0.5) is 8.78 Å². The quantitative estimate of drug-likeness (QED) is 0.868. The smallest absolute Gasteiger partial charge is 0.249 e. The standard InChI is InChI=1S/C13H17F2N3O2S/c14-11-2-1-3-12(15)13(11)21(19,20)18-6-4-17(5-7-18)10-8-16-9-10/h1-3,10,16H,4-9H2. The zero-order valence-electron chi connectivity index (χ0n) is 11.4. The summed E-state index contributed by atoms with van der Waals surface area (Å²) >= 11 is 0. The Balaban J connectivity index is 1.77. The highest BCUT2D eigenvalue weighted by Gasteiger charge is 2.35. The minimum Gasteiger partial charge on any atom is -0.314 e. The van der Waals surface area contributed by atoms with Gasteiger partial charge in [-0.15, -0.1) is 0 Å². The Labute approximate surface area is 122 Å². The number of piperazine rings is 1. The highest BCUT2D eigenvalue weighted by molar-refractivity contribution is 7.89. The van der Waals surface area contributed by atoms with Crippen LogP contribution in [0.25, 0.3) is 0 Å². The predicted octanol–water partition coefficient (Wildman–Crippen LogP) is 0.243. The van der Waals surface area contributed by atoms with E-state index in [2.05, 4.69) is 10.2 Å². The topological polar surface area (TPSA) is 52.7 Å². The van der Waals surface area contributed by atoms with E-state index in [-0.39, 0.29) is 13.1 Å². The molecule has 1 aromatic rings. The van der Waals surface area contributed by atoms with Crippen molar-refractivity contribution in [2.24, 2.45) is 0 Å². The molecule has 0 aromatic heterocycles. The molecule has 1 aromatic carbocycles. The zero-order valence-corrected chi connectivity index (χ0v) is 12.2. The number of nitrogens with zero attached hydrogens (tertiary/aromatic N) is 2. The van der Waals surface area contributed by atoms with E-state index >= 15 is 0 Å². The molecular formula is C13H17F2N3O2S. The lowest BCUT2D eigenvalue weighted by molar-refractivity contribution is 0.103. The second-order valence-corrected chi connectivity index (χ2v) is 7.18. The molecule has 3 rings (SSSR count). The van der Waals surface area contributed by atoms with Gasteiger partial charge in [-0.1, -0.05) is 6.07 Å². The molecule has 0 radical (unpaired) electrons. The van der Waals surface area contributed by atoms with Gasteiger partial charge in [-0.05, 0) is 12.1 Å². The molecule has 0 saturated carbocycles. The van der Waals surface area contributed by atoms with Crippen molar-refractivity contribution in [2.45, 2.75) is 10.9 Å². The Kier molecular flexibility index (Phi) is 3.96. The first-order chi connectivity index (χ1) is 10.00. The number of halogens is 2. The van der Waals surface area contributed by atoms with Crippen LogP contribution in [0, 0.1) is 11.6 Å². The molecular weight excluding hydrogens is 300 g/mol. The fourth-order valence-electron chi connectivity index (χ4n) is 2.70. The number of rotatable bonds is 3. The maximum Gasteiger partial charge on any atom is 0.249 e. The summed E-state index contributed by atoms with van der Waals surface area (Å²) in [5, 5.41) is 3.17. The Morgan fingerprint density at radius 1 is 1.05 bits per heavy atom. The van der Waals surface area contributed by atoms with Crippen LogP contribution in [0.15, 0.2) is 23.1 Å². The summed E-state index contributed by atoms with van der Waals surface area (Å²) in [5.41, 5.74) is 0. The third-order valence-corrected chi connectivity index (χ3v) is 6.02. The van der Waals surface area contributed by atoms with Crippen LogP contribution in [0.3, 0.4) is 0 Å². The molecule has 0 bridgehead atoms. The highest BCUT2D eigenvalue weighted by atomic mass is 32.2. The molecule has 0 unspecified atom stereocenters. The van der Waals surface area contributed by atoms with E-state index in [4.69, 9.17) is 0 Å². The summed E-state index contributed by atoms with van der Waals surface area (Å²) in [6.07, 6.45) is 0. The Bertz CT molecular complexity index is 606. The number of hydrogen-bond acceptors (Lipinski definition) is 4. The zero-order chi connectivity index (χ0) is 15.0. The minimum absolute atomic E-state index is 0.257. The van der Waals surface area contributed by atoms with Gasteiger partial charge in [0.05, 0.1) is 0 Å². The molecule has 2 aliphatic heterocycles. The first kappa shape index (κ1) is 14.8. The van der Waals surface area contributed by atoms with Crippen LogP contribution in [-0.4, -0.2) is 62.9 Å². The maximum absolute atomic E-state index is 13.7. The highest BCUT2D eigenvalue weighted by Crippen LogP contribution is 2.24. The van der Waals surface area contributed by atoms with Gasteiger partial charge in [0.1, 0.15) is 11.6 Å². The monoisotopic (exact) mass is 317 g/mol. The summed E-state index contributed by atoms with van der Waals surface area (Å²) in [4.78, 5) is 1.36. The van der Waals surface area contributed by atoms with E-state index in [1.165, 1.54) is 0 Å². The van der Waals surface area contributed by atoms with Crippen molar-refractivity contribution in [3.63, 3.8) is 0 Å². The maximum atomic E-state index is 13.7. The molecule has 0 spiro atoms. The van der Waals surface area contributed by atoms with Gasteiger partial charge in [-0.3, -0.25) is 4.90 Å². The van der Waals surface area contributed by atoms with Gasteiger partial charge in [-0.2, -0.15) is 4.31 Å². The summed E-state index contributed by atoms with van der Waals surface area (Å²) in [6.45, 7) is 3.51. The molecule has 0 atom stereocenters. The average molecular weight is 317 g/mol. The molecule has 0 amide bonds. The number of nitrogens with one attached hydrogen (secondary N) is 1. The van der Waals surface area contributed by atoms with E-state index in [9.17, 15) is 17.2 Å². The molecule has 2 saturated heterocycles. The molecule has 116 valence electrons. The van der Waals surface area contributed by atoms with Crippen molar-refractivity contribution >= 4 is 10.0 Å². The van der Waals surface area contributed by atoms with Crippen molar-refractivity contribution in [1.82, 2.24) is 14.5 Å². The van der Waals surface area contributed by atoms with Gasteiger partial charge in [0.25, 0.3) is 0 Å². The largest absolute Gasteiger partial charge is 0.314 e. The van der Waals surface area contributed by atoms with Gasteiger partial charge in [-0.25, -0.2) is 17.2 Å². The fourth-order valence-corrected chi connectivity index (χ4v) is 4.23. The van der Waals surface area contributed by atoms with E-state index in [0.717, 1.165) is 35.6 Å². The predicted molar refractivity (Wildman–Crippen MR) is 73.3 cm³/mol. The van der Waals surface area contributed by atoms with Gasteiger partial charge < -0.3 is 5.32 Å². The second kappa shape index (κ2) is 5.60. The third-order valence-electron chi connectivity index (χ3n) is 4.07. The summed E-state index contributed by atoms with van der Waals surface area (Å²) in [7, 11) is -4.12. The molecule has 2 fully saturated rings. The average Bonchev–Trinajstić information content (AvgIpc) is 2.37. The van der Waals surface area contributed by atoms with Gasteiger partial charge >= 0.3 is 0 Å². The SMILES string of the molecule is O=S(=O)(c1c(F)cccc1F)N1CCN(C2CNC2)CC1. The van der Waals surface area contributed by atoms with Crippen molar-refractivity contribution in [1.29, 1.82) is 0 Å². The molecule has 1 N–H and O–H groups in total. The van der Waals surface area contributed by atoms with Crippen LogP contribution in [0.1, 0.15) is 0 Å². The first-order valence-electron chi connectivity index (χ1n) is 6.89. The molecule has 0 aliphatic carbocycles. The molecule has 2 heterocycles. The van der Waals surface area contributed by atoms with Crippen LogP contribution in [0.5, 0.6) is 0 Å². The Morgan fingerprint density at radius 3 is 2.10 bits per heavy atom. The van der Waals surface area contributed by atoms with Gasteiger partial charge in [0.2, 0.25) is 10.0 Å². The van der Waals surface area contributed by atoms with E-state index in [1.54, 1.807) is 0 Å². The Hall–Kier alpha value is -1.09. The molecule has 5 nitrogen and oxygen atoms in total. The van der Waals surface area contributed by atoms with Crippen LogP contribution < -0.4 is 5.32 Å². The van der Waals surface area contributed by atoms with Gasteiger partial charge in [0, 0.05) is 45.3 Å². The van der Waals surface area contributed by atoms with E-state index in [1.807, 2.05) is 0 Å². The van der Waals surface area contributed by atoms with Crippen LogP contribution >= 0.6 is 0 Å². The summed E-state index contributed by atoms with van der Waals surface area (Å²) < 4.78 is 53.4. The Morgan fingerprint density at radius 2 is 1.62 bits per heavy atom. The molecule has 2 aliphatic rings. The van der Waals surface area contributed by atoms with Gasteiger partial charge in [0.15, 0.2) is 4.90 Å². The third kappa shape index (κ3) is 2.68. The number of sulfonamides is 1. The summed E-state index contributed by atoms with van der Waals surface area (Å²) in [5.74, 6) is -2.08. The van der Waals surface area contributed by atoms with Crippen LogP contribution in [-0.2, 0) is 10.0 Å². The lowest BCUT2D eigenvalue weighted by Crippen LogP contribution is -2.62. The fraction of sp³-hybridized carbons (Fsp3) is 0.538.